The minimum Gasteiger partial charge on any atom is -0.349 e. The van der Waals surface area contributed by atoms with E-state index in [2.05, 4.69) is 49.3 Å². The van der Waals surface area contributed by atoms with Gasteiger partial charge in [0.2, 0.25) is 0 Å². The molecule has 1 aromatic rings. The Morgan fingerprint density at radius 2 is 1.94 bits per heavy atom. The summed E-state index contributed by atoms with van der Waals surface area (Å²) in [5, 5.41) is 3.01. The summed E-state index contributed by atoms with van der Waals surface area (Å²) in [5.41, 5.74) is 0.676. The summed E-state index contributed by atoms with van der Waals surface area (Å²) in [7, 11) is 0. The van der Waals surface area contributed by atoms with Crippen LogP contribution in [0.4, 0.5) is 0 Å². The predicted octanol–water partition coefficient (Wildman–Crippen LogP) is 3.66. The first-order valence-corrected chi connectivity index (χ1v) is 6.66. The average Bonchev–Trinajstić information content (AvgIpc) is 2.70. The van der Waals surface area contributed by atoms with Crippen LogP contribution in [0.15, 0.2) is 39.3 Å². The second-order valence-electron chi connectivity index (χ2n) is 3.74. The van der Waals surface area contributed by atoms with Gasteiger partial charge in [0.1, 0.15) is 0 Å². The smallest absolute Gasteiger partial charge is 0.252 e. The molecule has 0 heterocycles. The van der Waals surface area contributed by atoms with Crippen LogP contribution in [0.1, 0.15) is 23.2 Å². The maximum atomic E-state index is 11.9. The van der Waals surface area contributed by atoms with Crippen molar-refractivity contribution < 1.29 is 4.79 Å². The summed E-state index contributed by atoms with van der Waals surface area (Å²) >= 11 is 6.75. The van der Waals surface area contributed by atoms with Crippen LogP contribution in [0.5, 0.6) is 0 Å². The van der Waals surface area contributed by atoms with Crippen molar-refractivity contribution in [3.63, 3.8) is 0 Å². The van der Waals surface area contributed by atoms with Crippen LogP contribution in [0, 0.1) is 0 Å². The van der Waals surface area contributed by atoms with Crippen LogP contribution >= 0.6 is 31.9 Å². The Labute approximate surface area is 111 Å². The van der Waals surface area contributed by atoms with Crippen molar-refractivity contribution in [3.05, 3.63) is 44.9 Å². The Bertz CT molecular complexity index is 435. The quantitative estimate of drug-likeness (QED) is 0.815. The number of hydrogen-bond acceptors (Lipinski definition) is 1. The predicted molar refractivity (Wildman–Crippen MR) is 71.5 cm³/mol. The second-order valence-corrected chi connectivity index (χ2v) is 5.51. The number of rotatable bonds is 2. The highest BCUT2D eigenvalue weighted by Crippen LogP contribution is 2.22. The molecule has 0 aromatic heterocycles. The number of halogens is 2. The van der Waals surface area contributed by atoms with Crippen molar-refractivity contribution in [3.8, 4) is 0 Å². The Morgan fingerprint density at radius 3 is 2.56 bits per heavy atom. The summed E-state index contributed by atoms with van der Waals surface area (Å²) in [5.74, 6) is -0.0203. The molecule has 1 aliphatic rings. The van der Waals surface area contributed by atoms with Crippen LogP contribution in [0.25, 0.3) is 0 Å². The van der Waals surface area contributed by atoms with E-state index in [9.17, 15) is 4.79 Å². The molecular weight excluding hydrogens is 334 g/mol. The van der Waals surface area contributed by atoms with E-state index in [4.69, 9.17) is 0 Å². The molecule has 0 fully saturated rings. The van der Waals surface area contributed by atoms with Crippen LogP contribution in [-0.2, 0) is 0 Å². The zero-order valence-corrected chi connectivity index (χ0v) is 11.7. The van der Waals surface area contributed by atoms with Crippen molar-refractivity contribution in [2.75, 3.05) is 0 Å². The fourth-order valence-corrected chi connectivity index (χ4v) is 2.90. The average molecular weight is 345 g/mol. The molecule has 0 aliphatic heterocycles. The van der Waals surface area contributed by atoms with Gasteiger partial charge in [0, 0.05) is 15.0 Å². The molecule has 1 amide bonds. The Morgan fingerprint density at radius 1 is 1.25 bits per heavy atom. The van der Waals surface area contributed by atoms with Crippen LogP contribution in [-0.4, -0.2) is 11.9 Å². The minimum absolute atomic E-state index is 0.0203. The van der Waals surface area contributed by atoms with Gasteiger partial charge in [-0.2, -0.15) is 0 Å². The highest BCUT2D eigenvalue weighted by atomic mass is 79.9. The molecule has 0 saturated carbocycles. The number of carbonyl (C=O) groups excluding carboxylic acids is 1. The van der Waals surface area contributed by atoms with Crippen molar-refractivity contribution in [2.45, 2.75) is 18.9 Å². The normalized spacial score (nSPS) is 15.4. The SMILES string of the molecule is O=C(NC1CC=CC1)c1ccc(Br)cc1Br. The Hall–Kier alpha value is -0.610. The fraction of sp³-hybridized carbons (Fsp3) is 0.250. The van der Waals surface area contributed by atoms with Gasteiger partial charge in [-0.3, -0.25) is 4.79 Å². The molecule has 2 rings (SSSR count). The Balaban J connectivity index is 2.08. The zero-order chi connectivity index (χ0) is 11.5. The first-order chi connectivity index (χ1) is 7.66. The van der Waals surface area contributed by atoms with Gasteiger partial charge in [0.05, 0.1) is 5.56 Å². The molecule has 1 aromatic carbocycles. The number of benzene rings is 1. The third-order valence-electron chi connectivity index (χ3n) is 2.52. The first-order valence-electron chi connectivity index (χ1n) is 5.08. The zero-order valence-electron chi connectivity index (χ0n) is 8.54. The Kier molecular flexibility index (Phi) is 3.82. The van der Waals surface area contributed by atoms with Gasteiger partial charge in [0.15, 0.2) is 0 Å². The maximum absolute atomic E-state index is 11.9. The van der Waals surface area contributed by atoms with E-state index in [1.165, 1.54) is 0 Å². The van der Waals surface area contributed by atoms with E-state index in [0.717, 1.165) is 21.8 Å². The monoisotopic (exact) mass is 343 g/mol. The minimum atomic E-state index is -0.0203. The lowest BCUT2D eigenvalue weighted by molar-refractivity contribution is 0.0938. The molecular formula is C12H11Br2NO. The fourth-order valence-electron chi connectivity index (χ4n) is 1.67. The lowest BCUT2D eigenvalue weighted by Crippen LogP contribution is -2.33. The van der Waals surface area contributed by atoms with Gasteiger partial charge in [-0.1, -0.05) is 28.1 Å². The highest BCUT2D eigenvalue weighted by Gasteiger charge is 2.16. The van der Waals surface area contributed by atoms with Gasteiger partial charge in [0.25, 0.3) is 5.91 Å². The standard InChI is InChI=1S/C12H11Br2NO/c13-8-5-6-10(11(14)7-8)12(16)15-9-3-1-2-4-9/h1-2,5-7,9H,3-4H2,(H,15,16). The molecule has 0 bridgehead atoms. The van der Waals surface area contributed by atoms with E-state index < -0.39 is 0 Å². The molecule has 0 saturated heterocycles. The van der Waals surface area contributed by atoms with Gasteiger partial charge in [-0.15, -0.1) is 0 Å². The number of amides is 1. The maximum Gasteiger partial charge on any atom is 0.252 e. The lowest BCUT2D eigenvalue weighted by atomic mass is 10.2. The molecule has 1 aliphatic carbocycles. The highest BCUT2D eigenvalue weighted by molar-refractivity contribution is 9.11. The largest absolute Gasteiger partial charge is 0.349 e. The third kappa shape index (κ3) is 2.74. The summed E-state index contributed by atoms with van der Waals surface area (Å²) in [6.45, 7) is 0. The summed E-state index contributed by atoms with van der Waals surface area (Å²) in [6.07, 6.45) is 6.06. The summed E-state index contributed by atoms with van der Waals surface area (Å²) in [4.78, 5) is 11.9. The molecule has 0 atom stereocenters. The first kappa shape index (κ1) is 11.9. The van der Waals surface area contributed by atoms with E-state index in [-0.39, 0.29) is 11.9 Å². The van der Waals surface area contributed by atoms with Crippen LogP contribution in [0.2, 0.25) is 0 Å². The summed E-state index contributed by atoms with van der Waals surface area (Å²) in [6, 6.07) is 5.81. The molecule has 0 unspecified atom stereocenters. The third-order valence-corrected chi connectivity index (χ3v) is 3.67. The lowest BCUT2D eigenvalue weighted by Gasteiger charge is -2.12. The van der Waals surface area contributed by atoms with Gasteiger partial charge >= 0.3 is 0 Å². The molecule has 4 heteroatoms. The molecule has 0 radical (unpaired) electrons. The van der Waals surface area contributed by atoms with Crippen LogP contribution < -0.4 is 5.32 Å². The second kappa shape index (κ2) is 5.15. The topological polar surface area (TPSA) is 29.1 Å². The number of hydrogen-bond donors (Lipinski definition) is 1. The van der Waals surface area contributed by atoms with Crippen molar-refractivity contribution in [2.24, 2.45) is 0 Å². The molecule has 16 heavy (non-hydrogen) atoms. The van der Waals surface area contributed by atoms with E-state index >= 15 is 0 Å². The molecule has 1 N–H and O–H groups in total. The molecule has 84 valence electrons. The van der Waals surface area contributed by atoms with Crippen molar-refractivity contribution >= 4 is 37.8 Å². The van der Waals surface area contributed by atoms with Gasteiger partial charge < -0.3 is 5.32 Å². The number of nitrogens with one attached hydrogen (secondary N) is 1. The van der Waals surface area contributed by atoms with Crippen molar-refractivity contribution in [1.82, 2.24) is 5.32 Å². The van der Waals surface area contributed by atoms with E-state index in [0.29, 0.717) is 5.56 Å². The molecule has 2 nitrogen and oxygen atoms in total. The van der Waals surface area contributed by atoms with E-state index in [1.807, 2.05) is 18.2 Å². The van der Waals surface area contributed by atoms with Crippen molar-refractivity contribution in [1.29, 1.82) is 0 Å². The summed E-state index contributed by atoms with van der Waals surface area (Å²) < 4.78 is 1.77. The molecule has 0 spiro atoms. The van der Waals surface area contributed by atoms with E-state index in [1.54, 1.807) is 0 Å². The van der Waals surface area contributed by atoms with Crippen LogP contribution in [0.3, 0.4) is 0 Å². The van der Waals surface area contributed by atoms with Gasteiger partial charge in [-0.05, 0) is 47.0 Å². The number of carbonyl (C=O) groups is 1. The van der Waals surface area contributed by atoms with Gasteiger partial charge in [-0.25, -0.2) is 0 Å².